The Morgan fingerprint density at radius 3 is 2.50 bits per heavy atom. The zero-order chi connectivity index (χ0) is 16.2. The van der Waals surface area contributed by atoms with E-state index in [2.05, 4.69) is 38.1 Å². The molecule has 2 fully saturated rings. The van der Waals surface area contributed by atoms with E-state index in [1.54, 1.807) is 0 Å². The van der Waals surface area contributed by atoms with Crippen LogP contribution in [0, 0.1) is 17.3 Å². The molecule has 2 rings (SSSR count). The van der Waals surface area contributed by atoms with E-state index in [0.717, 1.165) is 51.3 Å². The topological polar surface area (TPSA) is 41.6 Å². The Bertz CT molecular complexity index is 355. The fourth-order valence-electron chi connectivity index (χ4n) is 3.75. The van der Waals surface area contributed by atoms with Crippen LogP contribution < -0.4 is 5.43 Å². The maximum Gasteiger partial charge on any atom is 0.237 e. The Balaban J connectivity index is 1.76. The molecule has 0 aromatic heterocycles. The smallest absolute Gasteiger partial charge is 0.237 e. The number of nitrogens with one attached hydrogen (secondary N) is 1. The lowest BCUT2D eigenvalue weighted by Crippen LogP contribution is -2.50. The second-order valence-electron chi connectivity index (χ2n) is 8.11. The molecule has 2 aliphatic rings. The number of amides is 1. The number of carbonyl (C=O) groups is 1. The Kier molecular flexibility index (Phi) is 6.27. The summed E-state index contributed by atoms with van der Waals surface area (Å²) in [6.45, 7) is 11.8. The molecule has 0 aromatic rings. The van der Waals surface area contributed by atoms with E-state index in [1.165, 1.54) is 12.8 Å². The molecule has 128 valence electrons. The Labute approximate surface area is 135 Å². The van der Waals surface area contributed by atoms with E-state index in [9.17, 15) is 4.79 Å². The second-order valence-corrected chi connectivity index (χ2v) is 8.11. The molecule has 0 spiro atoms. The highest BCUT2D eigenvalue weighted by atomic mass is 16.5. The first-order valence-electron chi connectivity index (χ1n) is 9.07. The average Bonchev–Trinajstić information content (AvgIpc) is 2.47. The van der Waals surface area contributed by atoms with E-state index in [-0.39, 0.29) is 17.9 Å². The minimum absolute atomic E-state index is 0.130. The molecule has 0 saturated carbocycles. The van der Waals surface area contributed by atoms with Gasteiger partial charge < -0.3 is 4.74 Å². The number of hydrogen-bond acceptors (Lipinski definition) is 3. The van der Waals surface area contributed by atoms with Crippen LogP contribution >= 0.6 is 0 Å². The molecule has 0 aliphatic carbocycles. The predicted octanol–water partition coefficient (Wildman–Crippen LogP) is 3.37. The maximum absolute atomic E-state index is 12.5. The van der Waals surface area contributed by atoms with Crippen molar-refractivity contribution in [2.45, 2.75) is 72.3 Å². The molecule has 1 amide bonds. The fourth-order valence-corrected chi connectivity index (χ4v) is 3.75. The summed E-state index contributed by atoms with van der Waals surface area (Å²) in [6.07, 6.45) is 6.58. The van der Waals surface area contributed by atoms with Crippen LogP contribution in [0.4, 0.5) is 0 Å². The lowest BCUT2D eigenvalue weighted by atomic mass is 9.75. The van der Waals surface area contributed by atoms with E-state index in [1.807, 2.05) is 0 Å². The van der Waals surface area contributed by atoms with Gasteiger partial charge in [0.2, 0.25) is 5.91 Å². The normalized spacial score (nSPS) is 28.5. The Morgan fingerprint density at radius 2 is 1.91 bits per heavy atom. The number of rotatable bonds is 4. The summed E-state index contributed by atoms with van der Waals surface area (Å²) >= 11 is 0. The van der Waals surface area contributed by atoms with Crippen LogP contribution in [0.2, 0.25) is 0 Å². The average molecular weight is 310 g/mol. The van der Waals surface area contributed by atoms with Crippen molar-refractivity contribution in [1.29, 1.82) is 0 Å². The largest absolute Gasteiger partial charge is 0.378 e. The molecule has 2 atom stereocenters. The van der Waals surface area contributed by atoms with Crippen LogP contribution in [0.1, 0.15) is 66.2 Å². The van der Waals surface area contributed by atoms with Crippen molar-refractivity contribution in [3.8, 4) is 0 Å². The summed E-state index contributed by atoms with van der Waals surface area (Å²) in [6, 6.07) is 0. The van der Waals surface area contributed by atoms with Crippen molar-refractivity contribution < 1.29 is 9.53 Å². The van der Waals surface area contributed by atoms with Crippen molar-refractivity contribution in [2.75, 3.05) is 19.7 Å². The zero-order valence-corrected chi connectivity index (χ0v) is 14.9. The van der Waals surface area contributed by atoms with Gasteiger partial charge in [-0.15, -0.1) is 0 Å². The molecule has 2 saturated heterocycles. The van der Waals surface area contributed by atoms with Crippen LogP contribution in [0.3, 0.4) is 0 Å². The molecule has 22 heavy (non-hydrogen) atoms. The van der Waals surface area contributed by atoms with Gasteiger partial charge in [0.1, 0.15) is 0 Å². The molecule has 4 nitrogen and oxygen atoms in total. The minimum Gasteiger partial charge on any atom is -0.378 e. The van der Waals surface area contributed by atoms with Gasteiger partial charge in [-0.05, 0) is 43.4 Å². The third kappa shape index (κ3) is 4.95. The lowest BCUT2D eigenvalue weighted by Gasteiger charge is -2.39. The number of ether oxygens (including phenoxy) is 1. The molecule has 0 aromatic carbocycles. The molecule has 0 bridgehead atoms. The monoisotopic (exact) mass is 310 g/mol. The van der Waals surface area contributed by atoms with Gasteiger partial charge in [-0.3, -0.25) is 10.2 Å². The number of piperidine rings is 1. The molecule has 4 heteroatoms. The summed E-state index contributed by atoms with van der Waals surface area (Å²) in [7, 11) is 0. The summed E-state index contributed by atoms with van der Waals surface area (Å²) in [5, 5.41) is 2.13. The third-order valence-electron chi connectivity index (χ3n) is 5.34. The number of hydrogen-bond donors (Lipinski definition) is 1. The zero-order valence-electron chi connectivity index (χ0n) is 14.9. The van der Waals surface area contributed by atoms with Gasteiger partial charge in [-0.25, -0.2) is 5.01 Å². The molecular weight excluding hydrogens is 276 g/mol. The summed E-state index contributed by atoms with van der Waals surface area (Å²) in [4.78, 5) is 12.5. The van der Waals surface area contributed by atoms with Gasteiger partial charge in [-0.2, -0.15) is 0 Å². The quantitative estimate of drug-likeness (QED) is 0.865. The first kappa shape index (κ1) is 17.7. The van der Waals surface area contributed by atoms with Crippen LogP contribution in [0.15, 0.2) is 0 Å². The highest BCUT2D eigenvalue weighted by Gasteiger charge is 2.31. The Hall–Kier alpha value is -0.610. The van der Waals surface area contributed by atoms with Crippen molar-refractivity contribution in [3.05, 3.63) is 0 Å². The van der Waals surface area contributed by atoms with Gasteiger partial charge in [-0.1, -0.05) is 34.1 Å². The van der Waals surface area contributed by atoms with Crippen molar-refractivity contribution in [3.63, 3.8) is 0 Å². The second kappa shape index (κ2) is 7.78. The SMILES string of the molecule is CCCC1CC(C(=O)NN2CCC(C(C)(C)C)CC2)CCO1. The van der Waals surface area contributed by atoms with Crippen LogP contribution in [-0.4, -0.2) is 36.7 Å². The standard InChI is InChI=1S/C18H34N2O2/c1-5-6-16-13-14(9-12-22-16)17(21)19-20-10-7-15(8-11-20)18(2,3)4/h14-16H,5-13H2,1-4H3,(H,19,21). The molecule has 2 unspecified atom stereocenters. The van der Waals surface area contributed by atoms with E-state index in [0.29, 0.717) is 5.41 Å². The first-order chi connectivity index (χ1) is 10.4. The predicted molar refractivity (Wildman–Crippen MR) is 89.3 cm³/mol. The van der Waals surface area contributed by atoms with Crippen LogP contribution in [0.5, 0.6) is 0 Å². The van der Waals surface area contributed by atoms with E-state index in [4.69, 9.17) is 4.74 Å². The summed E-state index contributed by atoms with van der Waals surface area (Å²) in [5.74, 6) is 1.10. The minimum atomic E-state index is 0.130. The van der Waals surface area contributed by atoms with Gasteiger partial charge >= 0.3 is 0 Å². The summed E-state index contributed by atoms with van der Waals surface area (Å²) in [5.41, 5.74) is 3.54. The molecule has 1 N–H and O–H groups in total. The lowest BCUT2D eigenvalue weighted by molar-refractivity contribution is -0.136. The van der Waals surface area contributed by atoms with Gasteiger partial charge in [0.25, 0.3) is 0 Å². The van der Waals surface area contributed by atoms with Gasteiger partial charge in [0, 0.05) is 25.6 Å². The van der Waals surface area contributed by atoms with Gasteiger partial charge in [0.05, 0.1) is 6.10 Å². The van der Waals surface area contributed by atoms with Crippen molar-refractivity contribution >= 4 is 5.91 Å². The number of nitrogens with zero attached hydrogens (tertiary/aromatic N) is 1. The molecule has 2 heterocycles. The Morgan fingerprint density at radius 1 is 1.23 bits per heavy atom. The fraction of sp³-hybridized carbons (Fsp3) is 0.944. The van der Waals surface area contributed by atoms with E-state index >= 15 is 0 Å². The molecule has 2 aliphatic heterocycles. The van der Waals surface area contributed by atoms with Crippen LogP contribution in [-0.2, 0) is 9.53 Å². The highest BCUT2D eigenvalue weighted by molar-refractivity contribution is 5.78. The van der Waals surface area contributed by atoms with Crippen molar-refractivity contribution in [1.82, 2.24) is 10.4 Å². The van der Waals surface area contributed by atoms with Crippen molar-refractivity contribution in [2.24, 2.45) is 17.3 Å². The number of carbonyl (C=O) groups excluding carboxylic acids is 1. The third-order valence-corrected chi connectivity index (χ3v) is 5.34. The molecular formula is C18H34N2O2. The highest BCUT2D eigenvalue weighted by Crippen LogP contribution is 2.34. The number of hydrazine groups is 1. The summed E-state index contributed by atoms with van der Waals surface area (Å²) < 4.78 is 5.75. The maximum atomic E-state index is 12.5. The van der Waals surface area contributed by atoms with Gasteiger partial charge in [0.15, 0.2) is 0 Å². The van der Waals surface area contributed by atoms with E-state index < -0.39 is 0 Å². The first-order valence-corrected chi connectivity index (χ1v) is 9.07. The molecule has 0 radical (unpaired) electrons. The van der Waals surface area contributed by atoms with Crippen LogP contribution in [0.25, 0.3) is 0 Å².